The highest BCUT2D eigenvalue weighted by atomic mass is 16.2. The fourth-order valence-corrected chi connectivity index (χ4v) is 1.47. The average molecular weight is 209 g/mol. The van der Waals surface area contributed by atoms with Crippen LogP contribution in [0, 0.1) is 0 Å². The number of aromatic nitrogens is 3. The van der Waals surface area contributed by atoms with Gasteiger partial charge < -0.3 is 10.6 Å². The molecule has 1 heterocycles. The monoisotopic (exact) mass is 209 g/mol. The van der Waals surface area contributed by atoms with E-state index in [1.165, 1.54) is 12.7 Å². The van der Waals surface area contributed by atoms with Crippen molar-refractivity contribution < 1.29 is 4.79 Å². The number of hydrogen-bond acceptors (Lipinski definition) is 3. The van der Waals surface area contributed by atoms with Gasteiger partial charge in [-0.1, -0.05) is 0 Å². The Bertz CT molecular complexity index is 319. The summed E-state index contributed by atoms with van der Waals surface area (Å²) in [5.74, 6) is 0.666. The Morgan fingerprint density at radius 2 is 2.47 bits per heavy atom. The number of rotatable bonds is 3. The molecule has 1 atom stereocenters. The average Bonchev–Trinajstić information content (AvgIpc) is 2.64. The third-order valence-electron chi connectivity index (χ3n) is 2.63. The van der Waals surface area contributed by atoms with E-state index in [0.717, 1.165) is 12.8 Å². The van der Waals surface area contributed by atoms with Crippen molar-refractivity contribution in [3.63, 3.8) is 0 Å². The highest BCUT2D eigenvalue weighted by molar-refractivity contribution is 5.74. The Morgan fingerprint density at radius 3 is 3.00 bits per heavy atom. The maximum Gasteiger partial charge on any atom is 0.315 e. The van der Waals surface area contributed by atoms with Crippen LogP contribution in [0.4, 0.5) is 4.79 Å². The van der Waals surface area contributed by atoms with Crippen LogP contribution < -0.4 is 10.6 Å². The fraction of sp³-hybridized carbons (Fsp3) is 0.667. The van der Waals surface area contributed by atoms with E-state index in [1.807, 2.05) is 6.92 Å². The van der Waals surface area contributed by atoms with Crippen LogP contribution in [0.2, 0.25) is 0 Å². The molecule has 15 heavy (non-hydrogen) atoms. The second-order valence-electron chi connectivity index (χ2n) is 3.84. The second-order valence-corrected chi connectivity index (χ2v) is 3.84. The van der Waals surface area contributed by atoms with Crippen molar-refractivity contribution in [2.45, 2.75) is 38.3 Å². The smallest absolute Gasteiger partial charge is 0.315 e. The summed E-state index contributed by atoms with van der Waals surface area (Å²) in [7, 11) is 0. The number of carbonyl (C=O) groups excluding carboxylic acids is 1. The predicted octanol–water partition coefficient (Wildman–Crippen LogP) is 0.717. The van der Waals surface area contributed by atoms with Gasteiger partial charge >= 0.3 is 6.03 Å². The molecule has 6 heteroatoms. The molecule has 6 nitrogen and oxygen atoms in total. The largest absolute Gasteiger partial charge is 0.335 e. The van der Waals surface area contributed by atoms with Gasteiger partial charge in [0.15, 0.2) is 0 Å². The summed E-state index contributed by atoms with van der Waals surface area (Å²) in [4.78, 5) is 15.4. The van der Waals surface area contributed by atoms with Gasteiger partial charge in [-0.25, -0.2) is 9.78 Å². The summed E-state index contributed by atoms with van der Waals surface area (Å²) in [5.41, 5.74) is 0. The standard InChI is InChI=1S/C9H15N5O/c1-6(8-10-5-11-14-8)12-9(15)13-7-3-2-4-7/h5-7H,2-4H2,1H3,(H,10,11,14)(H2,12,13,15). The Hall–Kier alpha value is -1.59. The van der Waals surface area contributed by atoms with Crippen LogP contribution in [0.25, 0.3) is 0 Å². The zero-order valence-electron chi connectivity index (χ0n) is 8.66. The Balaban J connectivity index is 1.78. The van der Waals surface area contributed by atoms with Gasteiger partial charge in [0.05, 0.1) is 6.04 Å². The Kier molecular flexibility index (Phi) is 2.84. The van der Waals surface area contributed by atoms with Gasteiger partial charge in [-0.2, -0.15) is 5.10 Å². The van der Waals surface area contributed by atoms with E-state index in [9.17, 15) is 4.79 Å². The summed E-state index contributed by atoms with van der Waals surface area (Å²) in [6.45, 7) is 1.86. The van der Waals surface area contributed by atoms with E-state index in [4.69, 9.17) is 0 Å². The van der Waals surface area contributed by atoms with E-state index in [2.05, 4.69) is 25.8 Å². The van der Waals surface area contributed by atoms with Gasteiger partial charge in [0.2, 0.25) is 0 Å². The van der Waals surface area contributed by atoms with E-state index in [0.29, 0.717) is 11.9 Å². The molecule has 1 aliphatic carbocycles. The number of carbonyl (C=O) groups is 1. The zero-order chi connectivity index (χ0) is 10.7. The first-order chi connectivity index (χ1) is 7.25. The third kappa shape index (κ3) is 2.45. The van der Waals surface area contributed by atoms with Crippen LogP contribution in [0.5, 0.6) is 0 Å². The van der Waals surface area contributed by atoms with E-state index in [1.54, 1.807) is 0 Å². The van der Waals surface area contributed by atoms with Crippen LogP contribution in [-0.4, -0.2) is 27.3 Å². The normalized spacial score (nSPS) is 17.9. The van der Waals surface area contributed by atoms with Gasteiger partial charge in [-0.05, 0) is 26.2 Å². The van der Waals surface area contributed by atoms with Gasteiger partial charge in [-0.15, -0.1) is 0 Å². The SMILES string of the molecule is CC(NC(=O)NC1CCC1)c1ncn[nH]1. The molecule has 0 aliphatic heterocycles. The van der Waals surface area contributed by atoms with Crippen molar-refractivity contribution in [3.8, 4) is 0 Å². The molecule has 0 saturated heterocycles. The Morgan fingerprint density at radius 1 is 1.67 bits per heavy atom. The maximum absolute atomic E-state index is 11.5. The van der Waals surface area contributed by atoms with Crippen LogP contribution in [0.15, 0.2) is 6.33 Å². The molecule has 82 valence electrons. The molecule has 0 radical (unpaired) electrons. The number of nitrogens with zero attached hydrogens (tertiary/aromatic N) is 2. The molecule has 1 aliphatic rings. The first kappa shape index (κ1) is 9.95. The van der Waals surface area contributed by atoms with Crippen molar-refractivity contribution in [2.75, 3.05) is 0 Å². The lowest BCUT2D eigenvalue weighted by Crippen LogP contribution is -2.45. The predicted molar refractivity (Wildman–Crippen MR) is 54.1 cm³/mol. The molecule has 1 aromatic rings. The van der Waals surface area contributed by atoms with Crippen molar-refractivity contribution in [3.05, 3.63) is 12.2 Å². The third-order valence-corrected chi connectivity index (χ3v) is 2.63. The van der Waals surface area contributed by atoms with Crippen LogP contribution in [0.3, 0.4) is 0 Å². The zero-order valence-corrected chi connectivity index (χ0v) is 8.66. The summed E-state index contributed by atoms with van der Waals surface area (Å²) in [6, 6.07) is 0.0723. The first-order valence-corrected chi connectivity index (χ1v) is 5.18. The molecule has 2 rings (SSSR count). The van der Waals surface area contributed by atoms with Gasteiger partial charge in [0.1, 0.15) is 12.2 Å². The molecule has 0 bridgehead atoms. The first-order valence-electron chi connectivity index (χ1n) is 5.18. The van der Waals surface area contributed by atoms with Crippen molar-refractivity contribution in [1.82, 2.24) is 25.8 Å². The molecule has 3 N–H and O–H groups in total. The summed E-state index contributed by atoms with van der Waals surface area (Å²) >= 11 is 0. The molecule has 1 saturated carbocycles. The highest BCUT2D eigenvalue weighted by Crippen LogP contribution is 2.17. The molecule has 0 aromatic carbocycles. The molecular weight excluding hydrogens is 194 g/mol. The van der Waals surface area contributed by atoms with Crippen molar-refractivity contribution >= 4 is 6.03 Å². The van der Waals surface area contributed by atoms with E-state index >= 15 is 0 Å². The lowest BCUT2D eigenvalue weighted by Gasteiger charge is -2.27. The number of hydrogen-bond donors (Lipinski definition) is 3. The van der Waals surface area contributed by atoms with Crippen LogP contribution in [0.1, 0.15) is 38.1 Å². The Labute approximate surface area is 87.9 Å². The van der Waals surface area contributed by atoms with Gasteiger partial charge in [0.25, 0.3) is 0 Å². The minimum Gasteiger partial charge on any atom is -0.335 e. The summed E-state index contributed by atoms with van der Waals surface area (Å²) < 4.78 is 0. The lowest BCUT2D eigenvalue weighted by atomic mass is 9.93. The molecular formula is C9H15N5O. The lowest BCUT2D eigenvalue weighted by molar-refractivity contribution is 0.225. The minimum atomic E-state index is -0.146. The van der Waals surface area contributed by atoms with E-state index < -0.39 is 0 Å². The van der Waals surface area contributed by atoms with Crippen LogP contribution >= 0.6 is 0 Å². The second kappa shape index (κ2) is 4.29. The van der Waals surface area contributed by atoms with Crippen molar-refractivity contribution in [2.24, 2.45) is 0 Å². The number of nitrogens with one attached hydrogen (secondary N) is 3. The molecule has 1 aromatic heterocycles. The molecule has 1 fully saturated rings. The molecule has 1 unspecified atom stereocenters. The highest BCUT2D eigenvalue weighted by Gasteiger charge is 2.20. The number of H-pyrrole nitrogens is 1. The number of amides is 2. The summed E-state index contributed by atoms with van der Waals surface area (Å²) in [6.07, 6.45) is 4.81. The maximum atomic E-state index is 11.5. The quantitative estimate of drug-likeness (QED) is 0.685. The topological polar surface area (TPSA) is 82.7 Å². The summed E-state index contributed by atoms with van der Waals surface area (Å²) in [5, 5.41) is 12.1. The van der Waals surface area contributed by atoms with E-state index in [-0.39, 0.29) is 12.1 Å². The molecule has 0 spiro atoms. The molecule has 2 amide bonds. The van der Waals surface area contributed by atoms with Gasteiger partial charge in [-0.3, -0.25) is 5.10 Å². The van der Waals surface area contributed by atoms with Crippen molar-refractivity contribution in [1.29, 1.82) is 0 Å². The minimum absolute atomic E-state index is 0.136. The number of aromatic amines is 1. The van der Waals surface area contributed by atoms with Crippen LogP contribution in [-0.2, 0) is 0 Å². The van der Waals surface area contributed by atoms with Gasteiger partial charge in [0, 0.05) is 6.04 Å². The number of urea groups is 1. The fourth-order valence-electron chi connectivity index (χ4n) is 1.47.